The molecule has 0 unspecified atom stereocenters. The summed E-state index contributed by atoms with van der Waals surface area (Å²) < 4.78 is 11.9. The van der Waals surface area contributed by atoms with Crippen molar-refractivity contribution >= 4 is 11.9 Å². The van der Waals surface area contributed by atoms with Crippen LogP contribution >= 0.6 is 0 Å². The second-order valence-corrected chi connectivity index (χ2v) is 7.44. The Kier molecular flexibility index (Phi) is 5.84. The zero-order valence-corrected chi connectivity index (χ0v) is 17.7. The van der Waals surface area contributed by atoms with Crippen LogP contribution in [0.1, 0.15) is 41.3 Å². The van der Waals surface area contributed by atoms with Crippen molar-refractivity contribution in [1.29, 1.82) is 0 Å². The average Bonchev–Trinajstić information content (AvgIpc) is 3.47. The molecule has 0 aliphatic carbocycles. The quantitative estimate of drug-likeness (QED) is 0.458. The number of hydrogen-bond acceptors (Lipinski definition) is 6. The molecule has 0 saturated carbocycles. The first-order chi connectivity index (χ1) is 15.0. The summed E-state index contributed by atoms with van der Waals surface area (Å²) in [6.07, 6.45) is 1.54. The molecule has 0 aliphatic heterocycles. The minimum atomic E-state index is -0.318. The van der Waals surface area contributed by atoms with Gasteiger partial charge in [-0.2, -0.15) is 9.67 Å². The van der Waals surface area contributed by atoms with Crippen molar-refractivity contribution in [1.82, 2.24) is 14.8 Å². The highest BCUT2D eigenvalue weighted by molar-refractivity contribution is 5.97. The van der Waals surface area contributed by atoms with E-state index >= 15 is 0 Å². The van der Waals surface area contributed by atoms with Crippen molar-refractivity contribution in [3.05, 3.63) is 83.6 Å². The van der Waals surface area contributed by atoms with Crippen molar-refractivity contribution in [2.24, 2.45) is 0 Å². The molecule has 7 nitrogen and oxygen atoms in total. The van der Waals surface area contributed by atoms with E-state index in [-0.39, 0.29) is 5.91 Å². The van der Waals surface area contributed by atoms with E-state index in [1.165, 1.54) is 10.2 Å². The monoisotopic (exact) mass is 416 g/mol. The van der Waals surface area contributed by atoms with E-state index in [1.807, 2.05) is 0 Å². The molecule has 1 N–H and O–H groups in total. The molecule has 0 fully saturated rings. The van der Waals surface area contributed by atoms with Crippen molar-refractivity contribution in [3.63, 3.8) is 0 Å². The van der Waals surface area contributed by atoms with E-state index in [0.29, 0.717) is 41.3 Å². The molecule has 31 heavy (non-hydrogen) atoms. The Bertz CT molecular complexity index is 1160. The van der Waals surface area contributed by atoms with Crippen molar-refractivity contribution in [3.8, 4) is 17.3 Å². The molecule has 2 aromatic heterocycles. The van der Waals surface area contributed by atoms with Crippen LogP contribution in [0.15, 0.2) is 71.3 Å². The Labute approximate surface area is 180 Å². The lowest BCUT2D eigenvalue weighted by Gasteiger charge is -2.09. The number of methoxy groups -OCH3 is 1. The zero-order valence-electron chi connectivity index (χ0n) is 17.7. The van der Waals surface area contributed by atoms with Gasteiger partial charge in [0.1, 0.15) is 5.75 Å². The van der Waals surface area contributed by atoms with Gasteiger partial charge in [0, 0.05) is 12.1 Å². The molecule has 0 bridgehead atoms. The minimum absolute atomic E-state index is 0.318. The van der Waals surface area contributed by atoms with E-state index < -0.39 is 0 Å². The fourth-order valence-corrected chi connectivity index (χ4v) is 3.16. The van der Waals surface area contributed by atoms with Gasteiger partial charge in [-0.15, -0.1) is 5.10 Å². The van der Waals surface area contributed by atoms with Gasteiger partial charge in [0.05, 0.1) is 13.4 Å². The van der Waals surface area contributed by atoms with Gasteiger partial charge in [-0.1, -0.05) is 44.2 Å². The van der Waals surface area contributed by atoms with Gasteiger partial charge in [0.2, 0.25) is 11.8 Å². The van der Waals surface area contributed by atoms with Gasteiger partial charge in [0.25, 0.3) is 5.91 Å². The lowest BCUT2D eigenvalue weighted by Crippen LogP contribution is -2.17. The molecule has 158 valence electrons. The molecule has 0 radical (unpaired) electrons. The number of benzene rings is 2. The SMILES string of the molecule is COc1cccc(C(=O)n2nc(-c3ccco3)nc2NCc2ccc(C(C)C)cc2)c1. The predicted molar refractivity (Wildman–Crippen MR) is 118 cm³/mol. The number of aromatic nitrogens is 3. The largest absolute Gasteiger partial charge is 0.497 e. The van der Waals surface area contributed by atoms with E-state index in [0.717, 1.165) is 5.56 Å². The van der Waals surface area contributed by atoms with Crippen molar-refractivity contribution in [2.45, 2.75) is 26.3 Å². The van der Waals surface area contributed by atoms with E-state index in [1.54, 1.807) is 49.8 Å². The first kappa shape index (κ1) is 20.4. The van der Waals surface area contributed by atoms with Crippen molar-refractivity contribution in [2.75, 3.05) is 12.4 Å². The summed E-state index contributed by atoms with van der Waals surface area (Å²) in [5, 5.41) is 7.63. The fraction of sp³-hybridized carbons (Fsp3) is 0.208. The number of carbonyl (C=O) groups excluding carboxylic acids is 1. The fourth-order valence-electron chi connectivity index (χ4n) is 3.16. The highest BCUT2D eigenvalue weighted by atomic mass is 16.5. The van der Waals surface area contributed by atoms with Gasteiger partial charge in [-0.25, -0.2) is 0 Å². The molecule has 2 aromatic carbocycles. The standard InChI is InChI=1S/C24H24N4O3/c1-16(2)18-11-9-17(10-12-18)15-25-24-26-22(21-8-5-13-31-21)27-28(24)23(29)19-6-4-7-20(14-19)30-3/h4-14,16H,15H2,1-3H3,(H,25,26,27). The number of nitrogens with zero attached hydrogens (tertiary/aromatic N) is 3. The van der Waals surface area contributed by atoms with Crippen LogP contribution in [0.4, 0.5) is 5.95 Å². The van der Waals surface area contributed by atoms with Crippen LogP contribution in [0.2, 0.25) is 0 Å². The van der Waals surface area contributed by atoms with Crippen LogP contribution in [0.25, 0.3) is 11.6 Å². The molecule has 0 atom stereocenters. The maximum Gasteiger partial charge on any atom is 0.281 e. The van der Waals surface area contributed by atoms with Gasteiger partial charge in [-0.3, -0.25) is 4.79 Å². The highest BCUT2D eigenvalue weighted by Gasteiger charge is 2.20. The van der Waals surface area contributed by atoms with E-state index in [4.69, 9.17) is 9.15 Å². The Morgan fingerprint density at radius 1 is 1.13 bits per heavy atom. The zero-order chi connectivity index (χ0) is 21.8. The Balaban J connectivity index is 1.63. The number of hydrogen-bond donors (Lipinski definition) is 1. The average molecular weight is 416 g/mol. The number of ether oxygens (including phenoxy) is 1. The third-order valence-electron chi connectivity index (χ3n) is 4.95. The first-order valence-electron chi connectivity index (χ1n) is 10.1. The Morgan fingerprint density at radius 2 is 1.94 bits per heavy atom. The van der Waals surface area contributed by atoms with Gasteiger partial charge < -0.3 is 14.5 Å². The molecule has 0 aliphatic rings. The highest BCUT2D eigenvalue weighted by Crippen LogP contribution is 2.21. The lowest BCUT2D eigenvalue weighted by atomic mass is 10.0. The molecule has 4 rings (SSSR count). The number of carbonyl (C=O) groups is 1. The topological polar surface area (TPSA) is 82.2 Å². The van der Waals surface area contributed by atoms with Crippen LogP contribution in [-0.2, 0) is 6.54 Å². The number of nitrogens with one attached hydrogen (secondary N) is 1. The van der Waals surface area contributed by atoms with Gasteiger partial charge in [-0.05, 0) is 47.4 Å². The number of anilines is 1. The second-order valence-electron chi connectivity index (χ2n) is 7.44. The first-order valence-corrected chi connectivity index (χ1v) is 10.1. The third-order valence-corrected chi connectivity index (χ3v) is 4.95. The van der Waals surface area contributed by atoms with E-state index in [2.05, 4.69) is 53.5 Å². The Morgan fingerprint density at radius 3 is 2.61 bits per heavy atom. The molecule has 0 saturated heterocycles. The van der Waals surface area contributed by atoms with Crippen LogP contribution in [0.5, 0.6) is 5.75 Å². The summed E-state index contributed by atoms with van der Waals surface area (Å²) in [5.41, 5.74) is 2.80. The molecule has 0 amide bonds. The van der Waals surface area contributed by atoms with Crippen LogP contribution in [-0.4, -0.2) is 27.8 Å². The summed E-state index contributed by atoms with van der Waals surface area (Å²) in [7, 11) is 1.56. The predicted octanol–water partition coefficient (Wildman–Crippen LogP) is 4.97. The lowest BCUT2D eigenvalue weighted by molar-refractivity contribution is 0.0947. The maximum atomic E-state index is 13.2. The second kappa shape index (κ2) is 8.87. The molecule has 7 heteroatoms. The molecule has 4 aromatic rings. The molecular weight excluding hydrogens is 392 g/mol. The van der Waals surface area contributed by atoms with Crippen LogP contribution in [0.3, 0.4) is 0 Å². The number of furan rings is 1. The maximum absolute atomic E-state index is 13.2. The normalized spacial score (nSPS) is 11.0. The molecule has 0 spiro atoms. The van der Waals surface area contributed by atoms with Gasteiger partial charge >= 0.3 is 0 Å². The third kappa shape index (κ3) is 4.50. The number of rotatable bonds is 7. The Hall–Kier alpha value is -3.87. The van der Waals surface area contributed by atoms with E-state index in [9.17, 15) is 4.79 Å². The van der Waals surface area contributed by atoms with Crippen LogP contribution < -0.4 is 10.1 Å². The molecule has 2 heterocycles. The molecular formula is C24H24N4O3. The summed E-state index contributed by atoms with van der Waals surface area (Å²) in [4.78, 5) is 17.7. The van der Waals surface area contributed by atoms with Crippen molar-refractivity contribution < 1.29 is 13.9 Å². The summed E-state index contributed by atoms with van der Waals surface area (Å²) >= 11 is 0. The minimum Gasteiger partial charge on any atom is -0.497 e. The van der Waals surface area contributed by atoms with Crippen LogP contribution in [0, 0.1) is 0 Å². The summed E-state index contributed by atoms with van der Waals surface area (Å²) in [6.45, 7) is 4.83. The summed E-state index contributed by atoms with van der Waals surface area (Å²) in [6, 6.07) is 18.8. The smallest absolute Gasteiger partial charge is 0.281 e. The summed E-state index contributed by atoms with van der Waals surface area (Å²) in [5.74, 6) is 1.91. The van der Waals surface area contributed by atoms with Gasteiger partial charge in [0.15, 0.2) is 5.76 Å².